The van der Waals surface area contributed by atoms with Gasteiger partial charge in [-0.2, -0.15) is 0 Å². The van der Waals surface area contributed by atoms with Gasteiger partial charge in [0.1, 0.15) is 5.82 Å². The molecule has 0 aliphatic carbocycles. The minimum absolute atomic E-state index is 0.734. The van der Waals surface area contributed by atoms with Crippen LogP contribution in [-0.4, -0.2) is 9.97 Å². The molecule has 3 nitrogen and oxygen atoms in total. The van der Waals surface area contributed by atoms with Crippen molar-refractivity contribution in [3.8, 4) is 0 Å². The lowest BCUT2D eigenvalue weighted by Gasteiger charge is -2.12. The van der Waals surface area contributed by atoms with E-state index in [1.807, 2.05) is 6.20 Å². The van der Waals surface area contributed by atoms with E-state index in [2.05, 4.69) is 48.2 Å². The van der Waals surface area contributed by atoms with Gasteiger partial charge in [-0.1, -0.05) is 17.7 Å². The second kappa shape index (κ2) is 4.39. The number of imidazole rings is 1. The zero-order valence-electron chi connectivity index (χ0n) is 9.96. The van der Waals surface area contributed by atoms with Crippen molar-refractivity contribution >= 4 is 5.69 Å². The van der Waals surface area contributed by atoms with Gasteiger partial charge in [-0.05, 0) is 31.9 Å². The van der Waals surface area contributed by atoms with Crippen molar-refractivity contribution in [1.29, 1.82) is 0 Å². The molecule has 1 heterocycles. The fourth-order valence-electron chi connectivity index (χ4n) is 2.03. The average Bonchev–Trinajstić information content (AvgIpc) is 2.68. The first kappa shape index (κ1) is 10.7. The summed E-state index contributed by atoms with van der Waals surface area (Å²) < 4.78 is 0. The number of nitrogens with zero attached hydrogens (tertiary/aromatic N) is 1. The second-order valence-electron chi connectivity index (χ2n) is 4.16. The summed E-state index contributed by atoms with van der Waals surface area (Å²) in [4.78, 5) is 7.27. The predicted octanol–water partition coefficient (Wildman–Crippen LogP) is 2.95. The van der Waals surface area contributed by atoms with E-state index in [9.17, 15) is 0 Å². The van der Waals surface area contributed by atoms with Crippen LogP contribution in [-0.2, 0) is 6.54 Å². The van der Waals surface area contributed by atoms with Gasteiger partial charge in [0.2, 0.25) is 0 Å². The molecule has 0 aliphatic heterocycles. The molecule has 0 spiro atoms. The zero-order chi connectivity index (χ0) is 11.5. The Labute approximate surface area is 95.9 Å². The van der Waals surface area contributed by atoms with Crippen molar-refractivity contribution in [3.63, 3.8) is 0 Å². The first-order chi connectivity index (χ1) is 7.66. The van der Waals surface area contributed by atoms with Crippen molar-refractivity contribution in [2.45, 2.75) is 27.3 Å². The molecule has 0 saturated carbocycles. The lowest BCUT2D eigenvalue weighted by atomic mass is 10.1. The third-order valence-corrected chi connectivity index (χ3v) is 2.66. The molecular formula is C13H17N3. The van der Waals surface area contributed by atoms with Crippen molar-refractivity contribution in [2.24, 2.45) is 0 Å². The van der Waals surface area contributed by atoms with E-state index in [1.165, 1.54) is 22.4 Å². The maximum atomic E-state index is 4.19. The van der Waals surface area contributed by atoms with Crippen molar-refractivity contribution in [1.82, 2.24) is 9.97 Å². The van der Waals surface area contributed by atoms with Crippen LogP contribution in [0.3, 0.4) is 0 Å². The van der Waals surface area contributed by atoms with Crippen molar-refractivity contribution < 1.29 is 0 Å². The summed E-state index contributed by atoms with van der Waals surface area (Å²) in [5, 5.41) is 3.42. The number of aromatic amines is 1. The van der Waals surface area contributed by atoms with Crippen LogP contribution in [0.2, 0.25) is 0 Å². The number of aryl methyl sites for hydroxylation is 3. The van der Waals surface area contributed by atoms with Crippen LogP contribution in [0.25, 0.3) is 0 Å². The largest absolute Gasteiger partial charge is 0.377 e. The van der Waals surface area contributed by atoms with E-state index in [0.717, 1.165) is 12.4 Å². The molecule has 84 valence electrons. The highest BCUT2D eigenvalue weighted by Crippen LogP contribution is 2.22. The standard InChI is InChI=1S/C13H17N3/c1-9-6-10(2)13(11(3)7-9)16-8-12-14-4-5-15-12/h4-7,16H,8H2,1-3H3,(H,14,15). The van der Waals surface area contributed by atoms with Gasteiger partial charge in [0.05, 0.1) is 6.54 Å². The average molecular weight is 215 g/mol. The van der Waals surface area contributed by atoms with Gasteiger partial charge in [0.25, 0.3) is 0 Å². The number of aromatic nitrogens is 2. The van der Waals surface area contributed by atoms with Crippen LogP contribution < -0.4 is 5.32 Å². The van der Waals surface area contributed by atoms with Gasteiger partial charge >= 0.3 is 0 Å². The Morgan fingerprint density at radius 2 is 1.88 bits per heavy atom. The Morgan fingerprint density at radius 1 is 1.19 bits per heavy atom. The maximum absolute atomic E-state index is 4.19. The number of benzene rings is 1. The summed E-state index contributed by atoms with van der Waals surface area (Å²) in [5.74, 6) is 0.958. The highest BCUT2D eigenvalue weighted by molar-refractivity contribution is 5.58. The van der Waals surface area contributed by atoms with E-state index in [-0.39, 0.29) is 0 Å². The Bertz CT molecular complexity index is 449. The van der Waals surface area contributed by atoms with Gasteiger partial charge in [-0.25, -0.2) is 4.98 Å². The number of anilines is 1. The van der Waals surface area contributed by atoms with E-state index in [0.29, 0.717) is 0 Å². The topological polar surface area (TPSA) is 40.7 Å². The molecule has 0 unspecified atom stereocenters. The molecule has 0 fully saturated rings. The Hall–Kier alpha value is -1.77. The number of hydrogen-bond donors (Lipinski definition) is 2. The quantitative estimate of drug-likeness (QED) is 0.826. The zero-order valence-corrected chi connectivity index (χ0v) is 9.96. The number of nitrogens with one attached hydrogen (secondary N) is 2. The fourth-order valence-corrected chi connectivity index (χ4v) is 2.03. The summed E-state index contributed by atoms with van der Waals surface area (Å²) in [7, 11) is 0. The summed E-state index contributed by atoms with van der Waals surface area (Å²) in [5.41, 5.74) is 5.08. The van der Waals surface area contributed by atoms with Gasteiger partial charge in [-0.3, -0.25) is 0 Å². The lowest BCUT2D eigenvalue weighted by Crippen LogP contribution is -2.04. The van der Waals surface area contributed by atoms with Crippen molar-refractivity contribution in [2.75, 3.05) is 5.32 Å². The molecule has 0 aliphatic rings. The second-order valence-corrected chi connectivity index (χ2v) is 4.16. The van der Waals surface area contributed by atoms with Crippen molar-refractivity contribution in [3.05, 3.63) is 47.0 Å². The van der Waals surface area contributed by atoms with Crippen LogP contribution in [0, 0.1) is 20.8 Å². The molecule has 0 atom stereocenters. The van der Waals surface area contributed by atoms with Crippen LogP contribution in [0.4, 0.5) is 5.69 Å². The summed E-state index contributed by atoms with van der Waals surface area (Å²) in [6.07, 6.45) is 3.61. The van der Waals surface area contributed by atoms with Crippen LogP contribution >= 0.6 is 0 Å². The Kier molecular flexibility index (Phi) is 2.95. The molecule has 2 N–H and O–H groups in total. The van der Waals surface area contributed by atoms with Crippen LogP contribution in [0.1, 0.15) is 22.5 Å². The molecule has 2 aromatic rings. The predicted molar refractivity (Wildman–Crippen MR) is 66.6 cm³/mol. The molecule has 3 heteroatoms. The molecule has 2 rings (SSSR count). The van der Waals surface area contributed by atoms with Crippen LogP contribution in [0.5, 0.6) is 0 Å². The van der Waals surface area contributed by atoms with Gasteiger partial charge in [-0.15, -0.1) is 0 Å². The number of H-pyrrole nitrogens is 1. The van der Waals surface area contributed by atoms with E-state index in [1.54, 1.807) is 6.20 Å². The van der Waals surface area contributed by atoms with Gasteiger partial charge in [0, 0.05) is 18.1 Å². The number of hydrogen-bond acceptors (Lipinski definition) is 2. The highest BCUT2D eigenvalue weighted by atomic mass is 15.0. The molecule has 0 bridgehead atoms. The summed E-state index contributed by atoms with van der Waals surface area (Å²) in [6.45, 7) is 7.11. The molecule has 0 saturated heterocycles. The SMILES string of the molecule is Cc1cc(C)c(NCc2ncc[nH]2)c(C)c1. The molecule has 0 amide bonds. The molecule has 0 radical (unpaired) electrons. The van der Waals surface area contributed by atoms with Gasteiger partial charge in [0.15, 0.2) is 0 Å². The Morgan fingerprint density at radius 3 is 2.44 bits per heavy atom. The van der Waals surface area contributed by atoms with Crippen LogP contribution in [0.15, 0.2) is 24.5 Å². The van der Waals surface area contributed by atoms with E-state index in [4.69, 9.17) is 0 Å². The third kappa shape index (κ3) is 2.24. The monoisotopic (exact) mass is 215 g/mol. The molecule has 1 aromatic heterocycles. The van der Waals surface area contributed by atoms with E-state index < -0.39 is 0 Å². The Balaban J connectivity index is 2.15. The maximum Gasteiger partial charge on any atom is 0.125 e. The lowest BCUT2D eigenvalue weighted by molar-refractivity contribution is 0.994. The summed E-state index contributed by atoms with van der Waals surface area (Å²) in [6, 6.07) is 4.38. The minimum atomic E-state index is 0.734. The molecular weight excluding hydrogens is 198 g/mol. The highest BCUT2D eigenvalue weighted by Gasteiger charge is 2.03. The molecule has 1 aromatic carbocycles. The fraction of sp³-hybridized carbons (Fsp3) is 0.308. The van der Waals surface area contributed by atoms with E-state index >= 15 is 0 Å². The molecule has 16 heavy (non-hydrogen) atoms. The normalized spacial score (nSPS) is 10.4. The summed E-state index contributed by atoms with van der Waals surface area (Å²) >= 11 is 0. The third-order valence-electron chi connectivity index (χ3n) is 2.66. The minimum Gasteiger partial charge on any atom is -0.377 e. The smallest absolute Gasteiger partial charge is 0.125 e. The van der Waals surface area contributed by atoms with Gasteiger partial charge < -0.3 is 10.3 Å². The first-order valence-electron chi connectivity index (χ1n) is 5.47. The first-order valence-corrected chi connectivity index (χ1v) is 5.47. The number of rotatable bonds is 3.